The van der Waals surface area contributed by atoms with E-state index in [9.17, 15) is 35.9 Å². The molecule has 1 aliphatic rings. The molecule has 12 heteroatoms. The fourth-order valence-corrected chi connectivity index (χ4v) is 3.78. The number of benzene rings is 1. The van der Waals surface area contributed by atoms with E-state index < -0.39 is 59.2 Å². The van der Waals surface area contributed by atoms with Crippen molar-refractivity contribution >= 4 is 16.6 Å². The lowest BCUT2D eigenvalue weighted by molar-refractivity contribution is 0.120. The maximum absolute atomic E-state index is 14.6. The Bertz CT molecular complexity index is 1330. The van der Waals surface area contributed by atoms with E-state index in [4.69, 9.17) is 0 Å². The van der Waals surface area contributed by atoms with Crippen LogP contribution in [0.4, 0.5) is 32.2 Å². The van der Waals surface area contributed by atoms with Gasteiger partial charge in [0.15, 0.2) is 5.82 Å². The van der Waals surface area contributed by atoms with E-state index in [2.05, 4.69) is 10.4 Å². The summed E-state index contributed by atoms with van der Waals surface area (Å²) in [7, 11) is 1.22. The fourth-order valence-electron chi connectivity index (χ4n) is 3.78. The highest BCUT2D eigenvalue weighted by Gasteiger charge is 2.45. The van der Waals surface area contributed by atoms with Gasteiger partial charge in [-0.05, 0) is 12.8 Å². The van der Waals surface area contributed by atoms with Crippen molar-refractivity contribution in [3.05, 3.63) is 68.1 Å². The molecule has 3 aromatic rings. The third-order valence-electron chi connectivity index (χ3n) is 5.84. The van der Waals surface area contributed by atoms with Crippen molar-refractivity contribution in [3.8, 4) is 0 Å². The molecular weight excluding hydrogens is 454 g/mol. The van der Waals surface area contributed by atoms with Crippen molar-refractivity contribution in [1.29, 1.82) is 0 Å². The van der Waals surface area contributed by atoms with Gasteiger partial charge in [-0.1, -0.05) is 18.2 Å². The largest absolute Gasteiger partial charge is 0.356 e. The number of rotatable bonds is 7. The molecule has 0 saturated heterocycles. The average molecular weight is 472 g/mol. The Hall–Kier alpha value is -3.31. The van der Waals surface area contributed by atoms with Crippen LogP contribution in [0.3, 0.4) is 0 Å². The Morgan fingerprint density at radius 1 is 1.12 bits per heavy atom. The molecule has 1 aliphatic carbocycles. The van der Waals surface area contributed by atoms with Crippen LogP contribution in [0.2, 0.25) is 0 Å². The minimum Gasteiger partial charge on any atom is -0.356 e. The Kier molecular flexibility index (Phi) is 5.71. The number of aromatic nitrogens is 3. The number of aryl methyl sites for hydroxylation is 1. The first-order chi connectivity index (χ1) is 15.6. The fraction of sp³-hybridized carbons (Fsp3) is 0.381. The summed E-state index contributed by atoms with van der Waals surface area (Å²) in [5.74, 6) is -1.81. The number of hydrogen-bond donors (Lipinski definition) is 1. The highest BCUT2D eigenvalue weighted by molar-refractivity contribution is 5.90. The standard InChI is InChI=1S/C21H18F6N4O2/c1-30-20(33)12-7-14(32)31(21(9-22)5-6-21)8-13(12)19(29-30)28-16(18(26)27)10-3-2-4-11(15(10)23)17(24)25/h2-4,7-8,16-18H,5-6,9H2,1H3,(H,28,29)/t16-/m0/s1. The third-order valence-corrected chi connectivity index (χ3v) is 5.84. The number of halogens is 6. The van der Waals surface area contributed by atoms with Gasteiger partial charge in [-0.25, -0.2) is 31.0 Å². The molecule has 0 bridgehead atoms. The molecule has 1 atom stereocenters. The minimum atomic E-state index is -3.26. The van der Waals surface area contributed by atoms with Crippen LogP contribution in [0, 0.1) is 5.82 Å². The van der Waals surface area contributed by atoms with Gasteiger partial charge in [-0.3, -0.25) is 9.59 Å². The quantitative estimate of drug-likeness (QED) is 0.527. The zero-order chi connectivity index (χ0) is 24.1. The van der Waals surface area contributed by atoms with E-state index in [0.717, 1.165) is 39.7 Å². The molecule has 0 unspecified atom stereocenters. The van der Waals surface area contributed by atoms with E-state index in [0.29, 0.717) is 12.8 Å². The van der Waals surface area contributed by atoms with Crippen LogP contribution in [0.25, 0.3) is 10.8 Å². The van der Waals surface area contributed by atoms with Gasteiger partial charge in [-0.2, -0.15) is 5.10 Å². The first-order valence-corrected chi connectivity index (χ1v) is 9.91. The molecule has 1 saturated carbocycles. The Labute approximate surface area is 182 Å². The maximum Gasteiger partial charge on any atom is 0.274 e. The summed E-state index contributed by atoms with van der Waals surface area (Å²) in [5, 5.41) is 6.02. The number of nitrogens with one attached hydrogen (secondary N) is 1. The van der Waals surface area contributed by atoms with Crippen LogP contribution in [0.15, 0.2) is 40.1 Å². The van der Waals surface area contributed by atoms with E-state index in [1.807, 2.05) is 0 Å². The minimum absolute atomic E-state index is 0.0616. The Balaban J connectivity index is 1.89. The molecule has 0 radical (unpaired) electrons. The Morgan fingerprint density at radius 2 is 1.79 bits per heavy atom. The maximum atomic E-state index is 14.6. The monoisotopic (exact) mass is 472 g/mol. The van der Waals surface area contributed by atoms with E-state index in [-0.39, 0.29) is 16.6 Å². The zero-order valence-corrected chi connectivity index (χ0v) is 17.2. The van der Waals surface area contributed by atoms with Crippen LogP contribution in [-0.2, 0) is 12.6 Å². The van der Waals surface area contributed by atoms with Crippen LogP contribution < -0.4 is 16.4 Å². The topological polar surface area (TPSA) is 68.9 Å². The highest BCUT2D eigenvalue weighted by atomic mass is 19.3. The average Bonchev–Trinajstić information content (AvgIpc) is 3.56. The molecular formula is C21H18F6N4O2. The van der Waals surface area contributed by atoms with Crippen LogP contribution in [0.5, 0.6) is 0 Å². The second-order valence-corrected chi connectivity index (χ2v) is 7.95. The second-order valence-electron chi connectivity index (χ2n) is 7.95. The molecule has 176 valence electrons. The SMILES string of the molecule is Cn1nc(N[C@@H](c2cccc(C(F)F)c2F)C(F)F)c2cn(C3(CF)CC3)c(=O)cc2c1=O. The molecule has 1 fully saturated rings. The van der Waals surface area contributed by atoms with Crippen LogP contribution in [0.1, 0.15) is 36.4 Å². The smallest absolute Gasteiger partial charge is 0.274 e. The number of pyridine rings is 1. The van der Waals surface area contributed by atoms with Gasteiger partial charge < -0.3 is 9.88 Å². The van der Waals surface area contributed by atoms with E-state index >= 15 is 0 Å². The molecule has 0 amide bonds. The van der Waals surface area contributed by atoms with E-state index in [1.165, 1.54) is 7.05 Å². The lowest BCUT2D eigenvalue weighted by atomic mass is 10.0. The lowest BCUT2D eigenvalue weighted by Crippen LogP contribution is -2.33. The van der Waals surface area contributed by atoms with Gasteiger partial charge in [0.25, 0.3) is 24.0 Å². The molecule has 0 aliphatic heterocycles. The number of alkyl halides is 5. The molecule has 2 aromatic heterocycles. The molecule has 4 rings (SSSR count). The number of nitrogens with zero attached hydrogens (tertiary/aromatic N) is 3. The second kappa shape index (κ2) is 8.23. The summed E-state index contributed by atoms with van der Waals surface area (Å²) in [6.07, 6.45) is -4.56. The summed E-state index contributed by atoms with van der Waals surface area (Å²) < 4.78 is 84.1. The van der Waals surface area contributed by atoms with Crippen molar-refractivity contribution in [3.63, 3.8) is 0 Å². The molecule has 33 heavy (non-hydrogen) atoms. The van der Waals surface area contributed by atoms with Gasteiger partial charge in [0.05, 0.1) is 16.5 Å². The van der Waals surface area contributed by atoms with Gasteiger partial charge in [-0.15, -0.1) is 0 Å². The van der Waals surface area contributed by atoms with Crippen molar-refractivity contribution in [1.82, 2.24) is 14.3 Å². The number of hydrogen-bond acceptors (Lipinski definition) is 4. The van der Waals surface area contributed by atoms with Crippen LogP contribution in [-0.4, -0.2) is 27.4 Å². The summed E-state index contributed by atoms with van der Waals surface area (Å²) >= 11 is 0. The van der Waals surface area contributed by atoms with Crippen molar-refractivity contribution in [2.75, 3.05) is 12.0 Å². The van der Waals surface area contributed by atoms with Crippen molar-refractivity contribution in [2.45, 2.75) is 37.3 Å². The first-order valence-electron chi connectivity index (χ1n) is 9.91. The van der Waals surface area contributed by atoms with Crippen LogP contribution >= 0.6 is 0 Å². The lowest BCUT2D eigenvalue weighted by Gasteiger charge is -2.22. The predicted octanol–water partition coefficient (Wildman–Crippen LogP) is 4.05. The van der Waals surface area contributed by atoms with Gasteiger partial charge in [0.2, 0.25) is 0 Å². The number of anilines is 1. The van der Waals surface area contributed by atoms with Gasteiger partial charge >= 0.3 is 0 Å². The summed E-state index contributed by atoms with van der Waals surface area (Å²) in [6, 6.07) is 1.62. The first kappa shape index (κ1) is 22.9. The molecule has 1 aromatic carbocycles. The zero-order valence-electron chi connectivity index (χ0n) is 17.2. The summed E-state index contributed by atoms with van der Waals surface area (Å²) in [4.78, 5) is 25.0. The number of fused-ring (bicyclic) bond motifs is 1. The predicted molar refractivity (Wildman–Crippen MR) is 108 cm³/mol. The van der Waals surface area contributed by atoms with Gasteiger partial charge in [0.1, 0.15) is 18.5 Å². The van der Waals surface area contributed by atoms with Crippen molar-refractivity contribution < 1.29 is 26.3 Å². The molecule has 6 nitrogen and oxygen atoms in total. The van der Waals surface area contributed by atoms with E-state index in [1.54, 1.807) is 0 Å². The third kappa shape index (κ3) is 3.87. The molecule has 2 heterocycles. The van der Waals surface area contributed by atoms with Gasteiger partial charge in [0, 0.05) is 30.3 Å². The Morgan fingerprint density at radius 3 is 2.36 bits per heavy atom. The molecule has 1 N–H and O–H groups in total. The normalized spacial score (nSPS) is 15.9. The summed E-state index contributed by atoms with van der Waals surface area (Å²) in [6.45, 7) is -0.843. The highest BCUT2D eigenvalue weighted by Crippen LogP contribution is 2.43. The molecule has 0 spiro atoms. The summed E-state index contributed by atoms with van der Waals surface area (Å²) in [5.41, 5.74) is -4.19. The van der Waals surface area contributed by atoms with Crippen molar-refractivity contribution in [2.24, 2.45) is 7.05 Å².